The number of hydrogen-bond acceptors (Lipinski definition) is 4. The summed E-state index contributed by atoms with van der Waals surface area (Å²) in [4.78, 5) is 37.2. The Kier molecular flexibility index (Phi) is 4.88. The smallest absolute Gasteiger partial charge is 0.335 e. The molecule has 0 bridgehead atoms. The number of hydrogen-bond donors (Lipinski definition) is 2. The second kappa shape index (κ2) is 7.26. The third kappa shape index (κ3) is 3.51. The Hall–Kier alpha value is -3.35. The molecule has 1 aliphatic rings. The third-order valence-corrected chi connectivity index (χ3v) is 4.27. The van der Waals surface area contributed by atoms with Crippen LogP contribution in [0.15, 0.2) is 48.5 Å². The van der Waals surface area contributed by atoms with E-state index in [-0.39, 0.29) is 30.3 Å². The second-order valence-electron chi connectivity index (χ2n) is 5.95. The van der Waals surface area contributed by atoms with Crippen LogP contribution in [-0.4, -0.2) is 36.5 Å². The van der Waals surface area contributed by atoms with Gasteiger partial charge in [0.25, 0.3) is 0 Å². The fraction of sp³-hybridized carbons (Fsp3) is 0.211. The molecule has 1 aliphatic heterocycles. The molecule has 2 aromatic rings. The van der Waals surface area contributed by atoms with Gasteiger partial charge in [0.2, 0.25) is 11.8 Å². The molecule has 2 N–H and O–H groups in total. The normalized spacial score (nSPS) is 16.4. The van der Waals surface area contributed by atoms with Gasteiger partial charge in [-0.3, -0.25) is 9.59 Å². The molecule has 134 valence electrons. The zero-order valence-corrected chi connectivity index (χ0v) is 14.1. The molecule has 0 aromatic heterocycles. The van der Waals surface area contributed by atoms with Crippen molar-refractivity contribution in [2.24, 2.45) is 5.92 Å². The maximum atomic E-state index is 12.5. The van der Waals surface area contributed by atoms with Crippen LogP contribution in [0, 0.1) is 5.92 Å². The van der Waals surface area contributed by atoms with E-state index in [1.54, 1.807) is 17.0 Å². The summed E-state index contributed by atoms with van der Waals surface area (Å²) >= 11 is 0. The Bertz CT molecular complexity index is 847. The number of carboxylic acids is 1. The molecule has 0 saturated carbocycles. The van der Waals surface area contributed by atoms with Crippen molar-refractivity contribution in [3.8, 4) is 5.75 Å². The van der Waals surface area contributed by atoms with E-state index in [4.69, 9.17) is 9.84 Å². The van der Waals surface area contributed by atoms with E-state index in [0.717, 1.165) is 0 Å². The van der Waals surface area contributed by atoms with Crippen LogP contribution in [0.2, 0.25) is 0 Å². The lowest BCUT2D eigenvalue weighted by molar-refractivity contribution is -0.122. The van der Waals surface area contributed by atoms with Crippen molar-refractivity contribution in [1.29, 1.82) is 0 Å². The summed E-state index contributed by atoms with van der Waals surface area (Å²) in [6.07, 6.45) is 0.108. The van der Waals surface area contributed by atoms with Crippen molar-refractivity contribution in [3.63, 3.8) is 0 Å². The number of para-hydroxylation sites is 2. The SMILES string of the molecule is COc1ccccc1N1C[C@H](C(=O)Nc2ccc(C(=O)O)cc2)CC1=O. The van der Waals surface area contributed by atoms with E-state index in [1.807, 2.05) is 12.1 Å². The minimum Gasteiger partial charge on any atom is -0.495 e. The molecule has 26 heavy (non-hydrogen) atoms. The second-order valence-corrected chi connectivity index (χ2v) is 5.95. The van der Waals surface area contributed by atoms with E-state index in [2.05, 4.69) is 5.32 Å². The molecule has 7 heteroatoms. The van der Waals surface area contributed by atoms with Crippen LogP contribution in [0.25, 0.3) is 0 Å². The summed E-state index contributed by atoms with van der Waals surface area (Å²) in [7, 11) is 1.53. The molecule has 0 aliphatic carbocycles. The summed E-state index contributed by atoms with van der Waals surface area (Å²) in [5.74, 6) is -1.37. The highest BCUT2D eigenvalue weighted by Crippen LogP contribution is 2.33. The molecule has 0 radical (unpaired) electrons. The molecule has 0 spiro atoms. The Labute approximate surface area is 150 Å². The first kappa shape index (κ1) is 17.5. The highest BCUT2D eigenvalue weighted by atomic mass is 16.5. The number of nitrogens with one attached hydrogen (secondary N) is 1. The number of amides is 2. The average molecular weight is 354 g/mol. The fourth-order valence-electron chi connectivity index (χ4n) is 2.91. The van der Waals surface area contributed by atoms with Gasteiger partial charge in [-0.15, -0.1) is 0 Å². The molecule has 7 nitrogen and oxygen atoms in total. The van der Waals surface area contributed by atoms with Crippen LogP contribution in [0.1, 0.15) is 16.8 Å². The van der Waals surface area contributed by atoms with E-state index >= 15 is 0 Å². The van der Waals surface area contributed by atoms with Gasteiger partial charge in [-0.2, -0.15) is 0 Å². The number of ether oxygens (including phenoxy) is 1. The van der Waals surface area contributed by atoms with Crippen LogP contribution in [0.4, 0.5) is 11.4 Å². The highest BCUT2D eigenvalue weighted by molar-refractivity contribution is 6.04. The van der Waals surface area contributed by atoms with Gasteiger partial charge in [0.05, 0.1) is 24.3 Å². The number of carbonyl (C=O) groups is 3. The quantitative estimate of drug-likeness (QED) is 0.859. The van der Waals surface area contributed by atoms with Crippen molar-refractivity contribution in [1.82, 2.24) is 0 Å². The first-order valence-corrected chi connectivity index (χ1v) is 8.07. The maximum Gasteiger partial charge on any atom is 0.335 e. The Morgan fingerprint density at radius 3 is 2.50 bits per heavy atom. The van der Waals surface area contributed by atoms with Gasteiger partial charge in [-0.25, -0.2) is 4.79 Å². The van der Waals surface area contributed by atoms with Crippen molar-refractivity contribution in [3.05, 3.63) is 54.1 Å². The van der Waals surface area contributed by atoms with Gasteiger partial charge >= 0.3 is 5.97 Å². The van der Waals surface area contributed by atoms with Gasteiger partial charge < -0.3 is 20.1 Å². The van der Waals surface area contributed by atoms with Crippen LogP contribution >= 0.6 is 0 Å². The van der Waals surface area contributed by atoms with Crippen molar-refractivity contribution >= 4 is 29.2 Å². The van der Waals surface area contributed by atoms with Crippen LogP contribution in [0.3, 0.4) is 0 Å². The summed E-state index contributed by atoms with van der Waals surface area (Å²) in [5, 5.41) is 11.6. The first-order chi connectivity index (χ1) is 12.5. The van der Waals surface area contributed by atoms with Gasteiger partial charge in [0.1, 0.15) is 5.75 Å². The fourth-order valence-corrected chi connectivity index (χ4v) is 2.91. The first-order valence-electron chi connectivity index (χ1n) is 8.07. The molecule has 0 unspecified atom stereocenters. The topological polar surface area (TPSA) is 95.9 Å². The lowest BCUT2D eigenvalue weighted by atomic mass is 10.1. The van der Waals surface area contributed by atoms with E-state index in [0.29, 0.717) is 17.1 Å². The lowest BCUT2D eigenvalue weighted by Crippen LogP contribution is -2.28. The Morgan fingerprint density at radius 1 is 1.15 bits per heavy atom. The molecule has 1 atom stereocenters. The van der Waals surface area contributed by atoms with E-state index in [9.17, 15) is 14.4 Å². The van der Waals surface area contributed by atoms with Gasteiger partial charge in [0, 0.05) is 18.7 Å². The highest BCUT2D eigenvalue weighted by Gasteiger charge is 2.36. The zero-order valence-electron chi connectivity index (χ0n) is 14.1. The molecule has 1 fully saturated rings. The van der Waals surface area contributed by atoms with Crippen LogP contribution in [-0.2, 0) is 9.59 Å². The molecule has 1 saturated heterocycles. The number of methoxy groups -OCH3 is 1. The predicted molar refractivity (Wildman–Crippen MR) is 95.5 cm³/mol. The third-order valence-electron chi connectivity index (χ3n) is 4.27. The number of carbonyl (C=O) groups excluding carboxylic acids is 2. The number of rotatable bonds is 5. The Morgan fingerprint density at radius 2 is 1.85 bits per heavy atom. The average Bonchev–Trinajstić information content (AvgIpc) is 3.04. The van der Waals surface area contributed by atoms with E-state index < -0.39 is 11.9 Å². The van der Waals surface area contributed by atoms with Crippen LogP contribution in [0.5, 0.6) is 5.75 Å². The van der Waals surface area contributed by atoms with Gasteiger partial charge in [0.15, 0.2) is 0 Å². The zero-order chi connectivity index (χ0) is 18.7. The maximum absolute atomic E-state index is 12.5. The summed E-state index contributed by atoms with van der Waals surface area (Å²) in [5.41, 5.74) is 1.27. The summed E-state index contributed by atoms with van der Waals surface area (Å²) < 4.78 is 5.29. The predicted octanol–water partition coefficient (Wildman–Crippen LogP) is 2.39. The molecular formula is C19H18N2O5. The minimum atomic E-state index is -1.03. The van der Waals surface area contributed by atoms with Gasteiger partial charge in [-0.05, 0) is 36.4 Å². The molecule has 2 amide bonds. The lowest BCUT2D eigenvalue weighted by Gasteiger charge is -2.19. The molecule has 2 aromatic carbocycles. The number of nitrogens with zero attached hydrogens (tertiary/aromatic N) is 1. The van der Waals surface area contributed by atoms with Crippen molar-refractivity contribution < 1.29 is 24.2 Å². The van der Waals surface area contributed by atoms with Gasteiger partial charge in [-0.1, -0.05) is 12.1 Å². The standard InChI is InChI=1S/C19H18N2O5/c1-26-16-5-3-2-4-15(16)21-11-13(10-17(21)22)18(23)20-14-8-6-12(7-9-14)19(24)25/h2-9,13H,10-11H2,1H3,(H,20,23)(H,24,25)/t13-/m1/s1. The number of carboxylic acid groups (broad SMARTS) is 1. The largest absolute Gasteiger partial charge is 0.495 e. The summed E-state index contributed by atoms with van der Waals surface area (Å²) in [6, 6.07) is 13.0. The number of benzene rings is 2. The molecule has 3 rings (SSSR count). The monoisotopic (exact) mass is 354 g/mol. The van der Waals surface area contributed by atoms with E-state index in [1.165, 1.54) is 31.4 Å². The molecular weight excluding hydrogens is 336 g/mol. The number of aromatic carboxylic acids is 1. The molecule has 1 heterocycles. The minimum absolute atomic E-state index is 0.108. The van der Waals surface area contributed by atoms with Crippen molar-refractivity contribution in [2.45, 2.75) is 6.42 Å². The summed E-state index contributed by atoms with van der Waals surface area (Å²) in [6.45, 7) is 0.262. The van der Waals surface area contributed by atoms with Crippen LogP contribution < -0.4 is 15.0 Å². The Balaban J connectivity index is 1.70. The van der Waals surface area contributed by atoms with Crippen molar-refractivity contribution in [2.75, 3.05) is 23.9 Å². The number of anilines is 2.